The van der Waals surface area contributed by atoms with Gasteiger partial charge in [-0.2, -0.15) is 5.10 Å². The minimum Gasteiger partial charge on any atom is -0.383 e. The van der Waals surface area contributed by atoms with E-state index in [1.807, 2.05) is 6.92 Å². The molecule has 0 spiro atoms. The molecule has 0 saturated heterocycles. The van der Waals surface area contributed by atoms with Gasteiger partial charge in [0.2, 0.25) is 0 Å². The number of rotatable bonds is 9. The minimum atomic E-state index is -1.14. The van der Waals surface area contributed by atoms with Crippen molar-refractivity contribution in [2.24, 2.45) is 12.0 Å². The number of halogens is 1. The van der Waals surface area contributed by atoms with E-state index in [9.17, 15) is 15.2 Å². The van der Waals surface area contributed by atoms with Crippen molar-refractivity contribution in [1.29, 1.82) is 0 Å². The number of para-hydroxylation sites is 2. The van der Waals surface area contributed by atoms with Crippen LogP contribution < -0.4 is 16.0 Å². The third kappa shape index (κ3) is 7.49. The van der Waals surface area contributed by atoms with E-state index in [1.54, 1.807) is 49.2 Å². The lowest BCUT2D eigenvalue weighted by atomic mass is 10.0. The summed E-state index contributed by atoms with van der Waals surface area (Å²) >= 11 is 0. The zero-order valence-electron chi connectivity index (χ0n) is 16.8. The zero-order chi connectivity index (χ0) is 20.6. The normalized spacial score (nSPS) is 13.2. The molecule has 4 N–H and O–H groups in total. The van der Waals surface area contributed by atoms with Crippen LogP contribution in [0.5, 0.6) is 0 Å². The molecular weight excluding hydrogens is 489 g/mol. The summed E-state index contributed by atoms with van der Waals surface area (Å²) in [7, 11) is 1.79. The summed E-state index contributed by atoms with van der Waals surface area (Å²) in [6.07, 6.45) is 3.37. The molecular formula is C18H28IN7O3. The molecule has 10 nitrogen and oxygen atoms in total. The maximum Gasteiger partial charge on any atom is 0.292 e. The molecule has 1 unspecified atom stereocenters. The third-order valence-corrected chi connectivity index (χ3v) is 4.05. The van der Waals surface area contributed by atoms with Gasteiger partial charge < -0.3 is 21.1 Å². The third-order valence-electron chi connectivity index (χ3n) is 4.05. The Hall–Kier alpha value is -2.41. The second kappa shape index (κ2) is 11.6. The summed E-state index contributed by atoms with van der Waals surface area (Å²) in [4.78, 5) is 15.1. The number of aryl methyl sites for hydroxylation is 1. The molecule has 0 fully saturated rings. The number of guanidine groups is 1. The van der Waals surface area contributed by atoms with Crippen molar-refractivity contribution in [2.75, 3.05) is 31.5 Å². The lowest BCUT2D eigenvalue weighted by Crippen LogP contribution is -2.40. The Bertz CT molecular complexity index is 823. The summed E-state index contributed by atoms with van der Waals surface area (Å²) in [6.45, 7) is 5.42. The SMILES string of the molecule is CCNC(=NCC(C)(O)c1cnn(C)c1)NCCNc1ccccc1[N+](=O)[O-].I. The highest BCUT2D eigenvalue weighted by Gasteiger charge is 2.24. The number of aliphatic imine (C=N–C) groups is 1. The Balaban J connectivity index is 0.00000420. The predicted octanol–water partition coefficient (Wildman–Crippen LogP) is 1.82. The standard InChI is InChI=1S/C18H27N7O3.HI/c1-4-19-17(22-13-18(2,26)14-11-23-24(3)12-14)21-10-9-20-15-7-5-6-8-16(15)25(27)28;/h5-8,11-12,20,26H,4,9-10,13H2,1-3H3,(H2,19,21,22);1H. The molecule has 0 bridgehead atoms. The lowest BCUT2D eigenvalue weighted by Gasteiger charge is -2.20. The van der Waals surface area contributed by atoms with Crippen LogP contribution in [0.25, 0.3) is 0 Å². The van der Waals surface area contributed by atoms with Crippen LogP contribution in [-0.2, 0) is 12.6 Å². The number of hydrogen-bond acceptors (Lipinski definition) is 6. The molecule has 2 aromatic rings. The van der Waals surface area contributed by atoms with E-state index in [1.165, 1.54) is 6.07 Å². The maximum atomic E-state index is 11.0. The molecule has 0 aliphatic rings. The molecule has 29 heavy (non-hydrogen) atoms. The first-order chi connectivity index (χ1) is 13.3. The molecule has 160 valence electrons. The summed E-state index contributed by atoms with van der Waals surface area (Å²) in [5, 5.41) is 35.0. The first kappa shape index (κ1) is 24.6. The zero-order valence-corrected chi connectivity index (χ0v) is 19.1. The Morgan fingerprint density at radius 3 is 2.69 bits per heavy atom. The van der Waals surface area contributed by atoms with Gasteiger partial charge >= 0.3 is 0 Å². The van der Waals surface area contributed by atoms with Crippen LogP contribution >= 0.6 is 24.0 Å². The second-order valence-electron chi connectivity index (χ2n) is 6.50. The predicted molar refractivity (Wildman–Crippen MR) is 124 cm³/mol. The van der Waals surface area contributed by atoms with E-state index in [0.717, 1.165) is 0 Å². The lowest BCUT2D eigenvalue weighted by molar-refractivity contribution is -0.384. The van der Waals surface area contributed by atoms with Gasteiger partial charge in [0.15, 0.2) is 5.96 Å². The molecule has 0 radical (unpaired) electrons. The van der Waals surface area contributed by atoms with E-state index in [2.05, 4.69) is 26.0 Å². The fourth-order valence-corrected chi connectivity index (χ4v) is 2.53. The maximum absolute atomic E-state index is 11.0. The number of aliphatic hydroxyl groups is 1. The van der Waals surface area contributed by atoms with Crippen LogP contribution in [0.1, 0.15) is 19.4 Å². The van der Waals surface area contributed by atoms with Gasteiger partial charge in [-0.05, 0) is 19.9 Å². The Labute approximate surface area is 187 Å². The number of aromatic nitrogens is 2. The minimum absolute atomic E-state index is 0. The number of hydrogen-bond donors (Lipinski definition) is 4. The van der Waals surface area contributed by atoms with Crippen LogP contribution in [0.3, 0.4) is 0 Å². The van der Waals surface area contributed by atoms with Crippen LogP contribution in [0.4, 0.5) is 11.4 Å². The van der Waals surface area contributed by atoms with Crippen molar-refractivity contribution in [3.05, 3.63) is 52.3 Å². The number of nitro benzene ring substituents is 1. The smallest absolute Gasteiger partial charge is 0.292 e. The van der Waals surface area contributed by atoms with E-state index < -0.39 is 10.5 Å². The van der Waals surface area contributed by atoms with Gasteiger partial charge in [-0.15, -0.1) is 24.0 Å². The van der Waals surface area contributed by atoms with Gasteiger partial charge in [0, 0.05) is 44.5 Å². The summed E-state index contributed by atoms with van der Waals surface area (Å²) in [5.41, 5.74) is 0.0541. The highest BCUT2D eigenvalue weighted by molar-refractivity contribution is 14.0. The van der Waals surface area contributed by atoms with Crippen LogP contribution in [0.15, 0.2) is 41.7 Å². The number of benzene rings is 1. The highest BCUT2D eigenvalue weighted by atomic mass is 127. The quantitative estimate of drug-likeness (QED) is 0.0998. The van der Waals surface area contributed by atoms with Crippen LogP contribution in [-0.4, -0.2) is 51.9 Å². The Morgan fingerprint density at radius 1 is 1.34 bits per heavy atom. The Kier molecular flexibility index (Phi) is 9.81. The number of nitro groups is 1. The van der Waals surface area contributed by atoms with Crippen molar-refractivity contribution in [2.45, 2.75) is 19.4 Å². The monoisotopic (exact) mass is 517 g/mol. The fraction of sp³-hybridized carbons (Fsp3) is 0.444. The fourth-order valence-electron chi connectivity index (χ4n) is 2.53. The average molecular weight is 517 g/mol. The van der Waals surface area contributed by atoms with Crippen molar-refractivity contribution < 1.29 is 10.0 Å². The molecule has 0 aliphatic heterocycles. The van der Waals surface area contributed by atoms with Gasteiger partial charge in [-0.3, -0.25) is 14.8 Å². The molecule has 1 aromatic heterocycles. The molecule has 0 saturated carbocycles. The molecule has 1 atom stereocenters. The van der Waals surface area contributed by atoms with E-state index in [4.69, 9.17) is 0 Å². The van der Waals surface area contributed by atoms with Crippen LogP contribution in [0.2, 0.25) is 0 Å². The van der Waals surface area contributed by atoms with Gasteiger partial charge in [0.1, 0.15) is 11.3 Å². The summed E-state index contributed by atoms with van der Waals surface area (Å²) < 4.78 is 1.63. The van der Waals surface area contributed by atoms with Crippen molar-refractivity contribution >= 4 is 41.3 Å². The van der Waals surface area contributed by atoms with Crippen LogP contribution in [0, 0.1) is 10.1 Å². The van der Waals surface area contributed by atoms with Crippen molar-refractivity contribution in [3.63, 3.8) is 0 Å². The summed E-state index contributed by atoms with van der Waals surface area (Å²) in [6, 6.07) is 6.50. The van der Waals surface area contributed by atoms with E-state index in [-0.39, 0.29) is 36.2 Å². The van der Waals surface area contributed by atoms with Gasteiger partial charge in [0.05, 0.1) is 17.7 Å². The van der Waals surface area contributed by atoms with E-state index in [0.29, 0.717) is 36.8 Å². The molecule has 2 rings (SSSR count). The molecule has 1 heterocycles. The largest absolute Gasteiger partial charge is 0.383 e. The first-order valence-electron chi connectivity index (χ1n) is 9.04. The van der Waals surface area contributed by atoms with E-state index >= 15 is 0 Å². The average Bonchev–Trinajstić information content (AvgIpc) is 3.10. The molecule has 1 aromatic carbocycles. The number of nitrogens with one attached hydrogen (secondary N) is 3. The van der Waals surface area contributed by atoms with Gasteiger partial charge in [0.25, 0.3) is 5.69 Å². The highest BCUT2D eigenvalue weighted by Crippen LogP contribution is 2.22. The molecule has 0 amide bonds. The van der Waals surface area contributed by atoms with Crippen molar-refractivity contribution in [3.8, 4) is 0 Å². The van der Waals surface area contributed by atoms with Gasteiger partial charge in [-0.1, -0.05) is 12.1 Å². The van der Waals surface area contributed by atoms with Gasteiger partial charge in [-0.25, -0.2) is 4.99 Å². The Morgan fingerprint density at radius 2 is 2.07 bits per heavy atom. The molecule has 11 heteroatoms. The first-order valence-corrected chi connectivity index (χ1v) is 9.04. The number of anilines is 1. The number of nitrogens with zero attached hydrogens (tertiary/aromatic N) is 4. The topological polar surface area (TPSA) is 130 Å². The second-order valence-corrected chi connectivity index (χ2v) is 6.50. The molecule has 0 aliphatic carbocycles. The van der Waals surface area contributed by atoms with Crippen molar-refractivity contribution in [1.82, 2.24) is 20.4 Å². The summed E-state index contributed by atoms with van der Waals surface area (Å²) in [5.74, 6) is 0.552.